The van der Waals surface area contributed by atoms with Crippen LogP contribution < -0.4 is 0 Å². The van der Waals surface area contributed by atoms with Crippen molar-refractivity contribution in [1.29, 1.82) is 0 Å². The second kappa shape index (κ2) is 3.08. The highest BCUT2D eigenvalue weighted by molar-refractivity contribution is 5.47. The molecule has 0 atom stereocenters. The normalized spacial score (nSPS) is 16.8. The third-order valence-corrected chi connectivity index (χ3v) is 1.31. The van der Waals surface area contributed by atoms with Gasteiger partial charge in [0.1, 0.15) is 0 Å². The van der Waals surface area contributed by atoms with Gasteiger partial charge in [0.25, 0.3) is 6.67 Å². The van der Waals surface area contributed by atoms with E-state index in [0.717, 1.165) is 0 Å². The van der Waals surface area contributed by atoms with E-state index in [4.69, 9.17) is 0 Å². The van der Waals surface area contributed by atoms with E-state index >= 15 is 0 Å². The molecular formula is C3H5N5O5. The molecule has 72 valence electrons. The Kier molecular flexibility index (Phi) is 2.13. The Morgan fingerprint density at radius 3 is 2.38 bits per heavy atom. The summed E-state index contributed by atoms with van der Waals surface area (Å²) in [4.78, 5) is 20.3. The summed E-state index contributed by atoms with van der Waals surface area (Å²) in [5.74, 6) is 0. The smallest absolute Gasteiger partial charge is 0.308 e. The van der Waals surface area contributed by atoms with Crippen LogP contribution in [0.1, 0.15) is 0 Å². The fourth-order valence-corrected chi connectivity index (χ4v) is 0.792. The van der Waals surface area contributed by atoms with E-state index in [1.54, 1.807) is 0 Å². The third kappa shape index (κ3) is 1.91. The second-order valence-electron chi connectivity index (χ2n) is 2.24. The minimum atomic E-state index is -0.902. The molecule has 1 heterocycles. The lowest BCUT2D eigenvalue weighted by molar-refractivity contribution is -0.748. The first-order valence-corrected chi connectivity index (χ1v) is 3.09. The molecule has 0 unspecified atom stereocenters. The van der Waals surface area contributed by atoms with Crippen molar-refractivity contribution in [3.63, 3.8) is 0 Å². The molecule has 0 saturated heterocycles. The van der Waals surface area contributed by atoms with Gasteiger partial charge in [-0.25, -0.2) is 25.0 Å². The molecule has 0 bridgehead atoms. The van der Waals surface area contributed by atoms with Crippen molar-refractivity contribution in [3.05, 3.63) is 25.4 Å². The summed E-state index contributed by atoms with van der Waals surface area (Å²) in [6.45, 7) is -1.06. The summed E-state index contributed by atoms with van der Waals surface area (Å²) in [7, 11) is 0. The van der Waals surface area contributed by atoms with Gasteiger partial charge in [0, 0.05) is 0 Å². The molecular weight excluding hydrogens is 186 g/mol. The van der Waals surface area contributed by atoms with Gasteiger partial charge < -0.3 is 5.21 Å². The molecule has 0 aromatic heterocycles. The van der Waals surface area contributed by atoms with Gasteiger partial charge in [-0.2, -0.15) is 0 Å². The maximum Gasteiger partial charge on any atom is 0.308 e. The van der Waals surface area contributed by atoms with E-state index in [1.165, 1.54) is 0 Å². The third-order valence-electron chi connectivity index (χ3n) is 1.31. The highest BCUT2D eigenvalue weighted by Gasteiger charge is 2.34. The molecule has 10 nitrogen and oxygen atoms in total. The predicted molar refractivity (Wildman–Crippen MR) is 37.1 cm³/mol. The average molecular weight is 191 g/mol. The quantitative estimate of drug-likeness (QED) is 0.224. The number of hydrogen-bond acceptors (Lipinski definition) is 5. The summed E-state index contributed by atoms with van der Waals surface area (Å²) in [6.07, 6.45) is 0.653. The van der Waals surface area contributed by atoms with Crippen LogP contribution in [0.25, 0.3) is 0 Å². The number of hydrogen-bond donors (Lipinski definition) is 0. The lowest BCUT2D eigenvalue weighted by Gasteiger charge is -2.19. The van der Waals surface area contributed by atoms with Gasteiger partial charge in [0.15, 0.2) is 5.03 Å². The minimum absolute atomic E-state index is 0.106. The standard InChI is InChI=1S/C3H5N5O5/c9-6-2-4(7(10)11)1-5(3-6)8(12)13/h2H,1,3H2. The lowest BCUT2D eigenvalue weighted by Crippen LogP contribution is -2.51. The zero-order valence-electron chi connectivity index (χ0n) is 6.27. The van der Waals surface area contributed by atoms with Crippen molar-refractivity contribution < 1.29 is 14.8 Å². The molecule has 0 aromatic rings. The zero-order chi connectivity index (χ0) is 10.0. The molecule has 0 radical (unpaired) electrons. The zero-order valence-corrected chi connectivity index (χ0v) is 6.27. The Bertz CT molecular complexity index is 275. The van der Waals surface area contributed by atoms with Gasteiger partial charge in [-0.15, -0.1) is 0 Å². The van der Waals surface area contributed by atoms with Crippen LogP contribution in [-0.4, -0.2) is 44.5 Å². The van der Waals surface area contributed by atoms with Crippen LogP contribution >= 0.6 is 0 Å². The fourth-order valence-electron chi connectivity index (χ4n) is 0.792. The van der Waals surface area contributed by atoms with E-state index in [-0.39, 0.29) is 4.74 Å². The van der Waals surface area contributed by atoms with Gasteiger partial charge in [-0.1, -0.05) is 0 Å². The topological polar surface area (TPSA) is 119 Å². The molecule has 1 aliphatic rings. The Morgan fingerprint density at radius 1 is 1.31 bits per heavy atom. The number of nitrogens with zero attached hydrogens (tertiary/aromatic N) is 5. The summed E-state index contributed by atoms with van der Waals surface area (Å²) in [5.41, 5.74) is 0. The van der Waals surface area contributed by atoms with E-state index in [0.29, 0.717) is 16.4 Å². The van der Waals surface area contributed by atoms with Crippen molar-refractivity contribution in [3.8, 4) is 0 Å². The molecule has 13 heavy (non-hydrogen) atoms. The van der Waals surface area contributed by atoms with Gasteiger partial charge in [0.05, 0.1) is 5.01 Å². The molecule has 1 aliphatic heterocycles. The Hall–Kier alpha value is -2.13. The molecule has 1 rings (SSSR count). The molecule has 10 heteroatoms. The Labute approximate surface area is 71.1 Å². The van der Waals surface area contributed by atoms with Gasteiger partial charge in [-0.05, 0) is 5.01 Å². The summed E-state index contributed by atoms with van der Waals surface area (Å²) >= 11 is 0. The Balaban J connectivity index is 2.77. The van der Waals surface area contributed by atoms with Crippen molar-refractivity contribution in [2.45, 2.75) is 0 Å². The number of rotatable bonds is 2. The largest absolute Gasteiger partial charge is 0.714 e. The molecule has 0 spiro atoms. The maximum absolute atomic E-state index is 10.7. The van der Waals surface area contributed by atoms with Crippen molar-refractivity contribution in [1.82, 2.24) is 10.0 Å². The first-order chi connectivity index (χ1) is 6.00. The number of hydroxylamine groups is 1. The van der Waals surface area contributed by atoms with E-state index in [9.17, 15) is 25.4 Å². The van der Waals surface area contributed by atoms with E-state index in [2.05, 4.69) is 0 Å². The fraction of sp³-hybridized carbons (Fsp3) is 0.667. The Morgan fingerprint density at radius 2 is 1.92 bits per heavy atom. The average Bonchev–Trinajstić information content (AvgIpc) is 2.03. The van der Waals surface area contributed by atoms with Gasteiger partial charge in [0.2, 0.25) is 11.7 Å². The maximum atomic E-state index is 10.7. The molecule has 0 saturated carbocycles. The molecule has 0 N–H and O–H groups in total. The summed E-state index contributed by atoms with van der Waals surface area (Å²) in [5, 5.41) is 30.0. The molecule has 0 aromatic carbocycles. The SMILES string of the molecule is O=[N+]([O-])N1C=[N+]([O-])CN([N+](=O)[O-])C1. The molecule has 0 aliphatic carbocycles. The van der Waals surface area contributed by atoms with Crippen LogP contribution in [0.5, 0.6) is 0 Å². The minimum Gasteiger partial charge on any atom is -0.714 e. The van der Waals surface area contributed by atoms with Crippen LogP contribution in [0.2, 0.25) is 0 Å². The van der Waals surface area contributed by atoms with Gasteiger partial charge in [-0.3, -0.25) is 0 Å². The first kappa shape index (κ1) is 8.96. The monoisotopic (exact) mass is 191 g/mol. The van der Waals surface area contributed by atoms with Crippen LogP contribution in [0, 0.1) is 25.4 Å². The second-order valence-corrected chi connectivity index (χ2v) is 2.24. The predicted octanol–water partition coefficient (Wildman–Crippen LogP) is -1.56. The highest BCUT2D eigenvalue weighted by Crippen LogP contribution is 1.98. The van der Waals surface area contributed by atoms with Crippen LogP contribution in [0.3, 0.4) is 0 Å². The van der Waals surface area contributed by atoms with Crippen LogP contribution in [0.15, 0.2) is 0 Å². The molecule has 0 fully saturated rings. The summed E-state index contributed by atoms with van der Waals surface area (Å²) in [6, 6.07) is 0. The van der Waals surface area contributed by atoms with Crippen molar-refractivity contribution >= 4 is 6.34 Å². The van der Waals surface area contributed by atoms with E-state index < -0.39 is 23.4 Å². The summed E-state index contributed by atoms with van der Waals surface area (Å²) < 4.78 is 0.106. The first-order valence-electron chi connectivity index (χ1n) is 3.09. The number of hydrazine groups is 2. The van der Waals surface area contributed by atoms with Crippen LogP contribution in [0.4, 0.5) is 0 Å². The number of nitro groups is 2. The van der Waals surface area contributed by atoms with Crippen molar-refractivity contribution in [2.75, 3.05) is 13.3 Å². The molecule has 0 amide bonds. The van der Waals surface area contributed by atoms with E-state index in [1.807, 2.05) is 0 Å². The van der Waals surface area contributed by atoms with Crippen LogP contribution in [-0.2, 0) is 0 Å². The van der Waals surface area contributed by atoms with Crippen molar-refractivity contribution in [2.24, 2.45) is 0 Å². The highest BCUT2D eigenvalue weighted by atomic mass is 16.7. The lowest BCUT2D eigenvalue weighted by atomic mass is 10.8. The van der Waals surface area contributed by atoms with Gasteiger partial charge >= 0.3 is 6.34 Å².